The summed E-state index contributed by atoms with van der Waals surface area (Å²) in [5.74, 6) is -1.80. The highest BCUT2D eigenvalue weighted by molar-refractivity contribution is 7.19. The summed E-state index contributed by atoms with van der Waals surface area (Å²) in [4.78, 5) is 33.0. The van der Waals surface area contributed by atoms with Gasteiger partial charge in [0.2, 0.25) is 11.0 Å². The number of hydrogen-bond acceptors (Lipinski definition) is 6. The van der Waals surface area contributed by atoms with E-state index in [4.69, 9.17) is 16.6 Å². The van der Waals surface area contributed by atoms with E-state index in [2.05, 4.69) is 9.98 Å². The smallest absolute Gasteiger partial charge is 0.305 e. The Labute approximate surface area is 153 Å². The number of rotatable bonds is 7. The van der Waals surface area contributed by atoms with Crippen LogP contribution < -0.4 is 16.4 Å². The lowest BCUT2D eigenvalue weighted by Gasteiger charge is -2.22. The number of carboxylic acids is 1. The summed E-state index contributed by atoms with van der Waals surface area (Å²) < 4.78 is 0. The third-order valence-corrected chi connectivity index (χ3v) is 4.31. The number of guanidine groups is 1. The molecule has 0 aliphatic rings. The van der Waals surface area contributed by atoms with Gasteiger partial charge < -0.3 is 21.7 Å². The molecule has 2 aromatic rings. The first-order chi connectivity index (χ1) is 12.3. The molecule has 6 N–H and O–H groups in total. The molecule has 9 nitrogen and oxygen atoms in total. The molecule has 1 aromatic heterocycles. The normalized spacial score (nSPS) is 11.6. The number of benzene rings is 1. The number of carboxylic acid groups (broad SMARTS) is 1. The molecule has 1 unspecified atom stereocenters. The fraction of sp³-hybridized carbons (Fsp3) is 0.250. The van der Waals surface area contributed by atoms with Crippen LogP contribution in [0.3, 0.4) is 0 Å². The SMILES string of the molecule is Cc1nc(N=C(N)N)sc1N(C(=O)CC(O)CC(=O)O)c1ccccc1. The van der Waals surface area contributed by atoms with Crippen LogP contribution in [0.4, 0.5) is 15.8 Å². The predicted molar refractivity (Wildman–Crippen MR) is 98.8 cm³/mol. The maximum Gasteiger partial charge on any atom is 0.305 e. The second-order valence-electron chi connectivity index (χ2n) is 5.44. The number of hydrogen-bond donors (Lipinski definition) is 4. The summed E-state index contributed by atoms with van der Waals surface area (Å²) in [5.41, 5.74) is 11.8. The van der Waals surface area contributed by atoms with Crippen molar-refractivity contribution in [1.82, 2.24) is 4.98 Å². The number of carbonyl (C=O) groups excluding carboxylic acids is 1. The summed E-state index contributed by atoms with van der Waals surface area (Å²) in [6.07, 6.45) is -2.16. The molecule has 0 aliphatic carbocycles. The zero-order valence-corrected chi connectivity index (χ0v) is 14.8. The fourth-order valence-electron chi connectivity index (χ4n) is 2.26. The molecule has 0 aliphatic heterocycles. The predicted octanol–water partition coefficient (Wildman–Crippen LogP) is 1.25. The third kappa shape index (κ3) is 5.01. The van der Waals surface area contributed by atoms with Gasteiger partial charge in [0.1, 0.15) is 5.00 Å². The van der Waals surface area contributed by atoms with Crippen LogP contribution in [0, 0.1) is 6.92 Å². The average molecular weight is 377 g/mol. The Balaban J connectivity index is 2.40. The number of thiazole rings is 1. The van der Waals surface area contributed by atoms with Crippen LogP contribution in [-0.4, -0.2) is 39.1 Å². The minimum atomic E-state index is -1.29. The molecular weight excluding hydrogens is 358 g/mol. The van der Waals surface area contributed by atoms with Gasteiger partial charge in [0.25, 0.3) is 0 Å². The van der Waals surface area contributed by atoms with E-state index in [1.54, 1.807) is 37.3 Å². The van der Waals surface area contributed by atoms with E-state index in [1.807, 2.05) is 0 Å². The van der Waals surface area contributed by atoms with Gasteiger partial charge in [-0.15, -0.1) is 0 Å². The van der Waals surface area contributed by atoms with Gasteiger partial charge in [-0.3, -0.25) is 14.5 Å². The maximum absolute atomic E-state index is 12.8. The molecule has 1 atom stereocenters. The highest BCUT2D eigenvalue weighted by atomic mass is 32.1. The van der Waals surface area contributed by atoms with Crippen molar-refractivity contribution < 1.29 is 19.8 Å². The number of aliphatic hydroxyl groups is 1. The van der Waals surface area contributed by atoms with Crippen LogP contribution in [0.25, 0.3) is 0 Å². The Morgan fingerprint density at radius 3 is 2.50 bits per heavy atom. The van der Waals surface area contributed by atoms with E-state index in [-0.39, 0.29) is 17.5 Å². The Kier molecular flexibility index (Phi) is 6.26. The molecule has 138 valence electrons. The molecule has 26 heavy (non-hydrogen) atoms. The van der Waals surface area contributed by atoms with Gasteiger partial charge in [-0.1, -0.05) is 29.5 Å². The highest BCUT2D eigenvalue weighted by Gasteiger charge is 2.26. The fourth-order valence-corrected chi connectivity index (χ4v) is 3.26. The lowest BCUT2D eigenvalue weighted by molar-refractivity contribution is -0.139. The van der Waals surface area contributed by atoms with Crippen molar-refractivity contribution in [2.24, 2.45) is 16.5 Å². The van der Waals surface area contributed by atoms with E-state index >= 15 is 0 Å². The number of aliphatic hydroxyl groups excluding tert-OH is 1. The van der Waals surface area contributed by atoms with E-state index in [0.717, 1.165) is 11.3 Å². The molecule has 0 bridgehead atoms. The number of aryl methyl sites for hydroxylation is 1. The Morgan fingerprint density at radius 1 is 1.27 bits per heavy atom. The van der Waals surface area contributed by atoms with Gasteiger partial charge in [-0.05, 0) is 19.1 Å². The van der Waals surface area contributed by atoms with Crippen molar-refractivity contribution in [3.8, 4) is 0 Å². The Morgan fingerprint density at radius 2 is 1.92 bits per heavy atom. The molecule has 1 heterocycles. The number of anilines is 2. The summed E-state index contributed by atoms with van der Waals surface area (Å²) in [7, 11) is 0. The van der Waals surface area contributed by atoms with Crippen LogP contribution in [0.5, 0.6) is 0 Å². The summed E-state index contributed by atoms with van der Waals surface area (Å²) in [6, 6.07) is 8.77. The first-order valence-corrected chi connectivity index (χ1v) is 8.44. The maximum atomic E-state index is 12.8. The van der Waals surface area contributed by atoms with Crippen LogP contribution in [0.15, 0.2) is 35.3 Å². The van der Waals surface area contributed by atoms with Crippen molar-refractivity contribution in [3.05, 3.63) is 36.0 Å². The number of nitrogens with two attached hydrogens (primary N) is 2. The second-order valence-corrected chi connectivity index (χ2v) is 6.40. The van der Waals surface area contributed by atoms with Gasteiger partial charge in [0, 0.05) is 5.69 Å². The van der Waals surface area contributed by atoms with Gasteiger partial charge >= 0.3 is 5.97 Å². The van der Waals surface area contributed by atoms with E-state index < -0.39 is 24.4 Å². The summed E-state index contributed by atoms with van der Waals surface area (Å²) in [5, 5.41) is 19.4. The van der Waals surface area contributed by atoms with Crippen LogP contribution in [-0.2, 0) is 9.59 Å². The van der Waals surface area contributed by atoms with Gasteiger partial charge in [-0.2, -0.15) is 4.99 Å². The minimum Gasteiger partial charge on any atom is -0.481 e. The molecule has 0 saturated carbocycles. The monoisotopic (exact) mass is 377 g/mol. The van der Waals surface area contributed by atoms with Gasteiger partial charge in [-0.25, -0.2) is 4.98 Å². The Hall–Kier alpha value is -2.98. The first-order valence-electron chi connectivity index (χ1n) is 7.63. The molecule has 0 spiro atoms. The van der Waals surface area contributed by atoms with Crippen molar-refractivity contribution in [2.45, 2.75) is 25.9 Å². The first kappa shape index (κ1) is 19.3. The zero-order valence-electron chi connectivity index (χ0n) is 14.0. The molecule has 10 heteroatoms. The lowest BCUT2D eigenvalue weighted by Crippen LogP contribution is -2.30. The lowest BCUT2D eigenvalue weighted by atomic mass is 10.1. The molecule has 1 aromatic carbocycles. The largest absolute Gasteiger partial charge is 0.481 e. The number of nitrogens with zero attached hydrogens (tertiary/aromatic N) is 3. The van der Waals surface area contributed by atoms with Crippen LogP contribution in [0.1, 0.15) is 18.5 Å². The zero-order chi connectivity index (χ0) is 19.3. The number of aliphatic carboxylic acids is 1. The van der Waals surface area contributed by atoms with Crippen LogP contribution in [0.2, 0.25) is 0 Å². The number of aromatic nitrogens is 1. The van der Waals surface area contributed by atoms with E-state index in [1.165, 1.54) is 4.90 Å². The molecule has 0 radical (unpaired) electrons. The van der Waals surface area contributed by atoms with Gasteiger partial charge in [0.15, 0.2) is 5.96 Å². The topological polar surface area (TPSA) is 155 Å². The van der Waals surface area contributed by atoms with Crippen molar-refractivity contribution >= 4 is 45.0 Å². The molecule has 0 fully saturated rings. The number of amides is 1. The number of aliphatic imine (C=N–C) groups is 1. The standard InChI is InChI=1S/C16H19N5O4S/c1-9-14(26-16(19-9)20-15(17)18)21(10-5-3-2-4-6-10)12(23)7-11(22)8-13(24)25/h2-6,11,22H,7-8H2,1H3,(H,24,25)(H4,17,18,19,20). The van der Waals surface area contributed by atoms with Crippen LogP contribution >= 0.6 is 11.3 Å². The summed E-state index contributed by atoms with van der Waals surface area (Å²) >= 11 is 1.11. The average Bonchev–Trinajstić information content (AvgIpc) is 2.87. The minimum absolute atomic E-state index is 0.153. The molecular formula is C16H19N5O4S. The number of para-hydroxylation sites is 1. The Bertz CT molecular complexity index is 817. The van der Waals surface area contributed by atoms with E-state index in [9.17, 15) is 14.7 Å². The summed E-state index contributed by atoms with van der Waals surface area (Å²) in [6.45, 7) is 1.70. The van der Waals surface area contributed by atoms with Crippen molar-refractivity contribution in [1.29, 1.82) is 0 Å². The third-order valence-electron chi connectivity index (χ3n) is 3.27. The second kappa shape index (κ2) is 8.41. The number of carbonyl (C=O) groups is 2. The van der Waals surface area contributed by atoms with E-state index in [0.29, 0.717) is 16.4 Å². The molecule has 2 rings (SSSR count). The molecule has 1 amide bonds. The molecule has 0 saturated heterocycles. The highest BCUT2D eigenvalue weighted by Crippen LogP contribution is 2.38. The van der Waals surface area contributed by atoms with Crippen molar-refractivity contribution in [3.63, 3.8) is 0 Å². The quantitative estimate of drug-likeness (QED) is 0.418. The van der Waals surface area contributed by atoms with Crippen molar-refractivity contribution in [2.75, 3.05) is 4.90 Å². The van der Waals surface area contributed by atoms with Gasteiger partial charge in [0.05, 0.1) is 24.6 Å².